The van der Waals surface area contributed by atoms with Gasteiger partial charge in [0, 0.05) is 29.6 Å². The summed E-state index contributed by atoms with van der Waals surface area (Å²) in [6.07, 6.45) is -3.81. The number of urea groups is 1. The third kappa shape index (κ3) is 6.78. The number of amides is 2. The quantitative estimate of drug-likeness (QED) is 0.391. The highest BCUT2D eigenvalue weighted by Crippen LogP contribution is 2.42. The molecule has 0 heterocycles. The summed E-state index contributed by atoms with van der Waals surface area (Å²) >= 11 is 12.6. The van der Waals surface area contributed by atoms with Gasteiger partial charge in [0.05, 0.1) is 14.9 Å². The number of hydrogen-bond acceptors (Lipinski definition) is 4. The molecule has 6 nitrogen and oxygen atoms in total. The highest BCUT2D eigenvalue weighted by atomic mass is 35.5. The average molecular weight is 533 g/mol. The first-order valence-electron chi connectivity index (χ1n) is 9.51. The minimum absolute atomic E-state index is 0.00242. The number of nitrogens with one attached hydrogen (secondary N) is 2. The lowest BCUT2D eigenvalue weighted by Gasteiger charge is -2.16. The second kappa shape index (κ2) is 10.1. The van der Waals surface area contributed by atoms with Gasteiger partial charge in [-0.1, -0.05) is 53.5 Å². The summed E-state index contributed by atoms with van der Waals surface area (Å²) in [6, 6.07) is 13.5. The van der Waals surface area contributed by atoms with Crippen LogP contribution in [0, 0.1) is 0 Å². The van der Waals surface area contributed by atoms with Crippen LogP contribution >= 0.6 is 23.2 Å². The lowest BCUT2D eigenvalue weighted by Crippen LogP contribution is -2.28. The molecule has 0 aliphatic rings. The number of carbonyl (C=O) groups is 1. The van der Waals surface area contributed by atoms with Gasteiger partial charge in [0.2, 0.25) is 0 Å². The van der Waals surface area contributed by atoms with Gasteiger partial charge in [0.1, 0.15) is 5.75 Å². The van der Waals surface area contributed by atoms with Crippen LogP contribution in [0.3, 0.4) is 0 Å². The maximum absolute atomic E-state index is 12.7. The van der Waals surface area contributed by atoms with Crippen molar-refractivity contribution < 1.29 is 31.1 Å². The third-order valence-electron chi connectivity index (χ3n) is 4.49. The van der Waals surface area contributed by atoms with Gasteiger partial charge in [-0.3, -0.25) is 0 Å². The average Bonchev–Trinajstić information content (AvgIpc) is 2.71. The first-order valence-corrected chi connectivity index (χ1v) is 12.2. The normalized spacial score (nSPS) is 11.7. The highest BCUT2D eigenvalue weighted by molar-refractivity contribution is 7.90. The Hall–Kier alpha value is -2.95. The van der Waals surface area contributed by atoms with Gasteiger partial charge >= 0.3 is 12.4 Å². The van der Waals surface area contributed by atoms with Crippen molar-refractivity contribution in [2.24, 2.45) is 0 Å². The molecule has 0 saturated heterocycles. The zero-order valence-electron chi connectivity index (χ0n) is 17.4. The second-order valence-electron chi connectivity index (χ2n) is 7.08. The molecule has 0 atom stereocenters. The van der Waals surface area contributed by atoms with Gasteiger partial charge in [0.15, 0.2) is 9.84 Å². The zero-order valence-corrected chi connectivity index (χ0v) is 19.7. The van der Waals surface area contributed by atoms with Gasteiger partial charge in [0.25, 0.3) is 0 Å². The van der Waals surface area contributed by atoms with E-state index in [1.165, 1.54) is 42.5 Å². The van der Waals surface area contributed by atoms with E-state index in [4.69, 9.17) is 23.2 Å². The summed E-state index contributed by atoms with van der Waals surface area (Å²) in [5.74, 6) is -0.473. The van der Waals surface area contributed by atoms with Crippen LogP contribution in [-0.2, 0) is 16.4 Å². The molecule has 2 amide bonds. The van der Waals surface area contributed by atoms with E-state index in [-0.39, 0.29) is 38.3 Å². The SMILES string of the molecule is CS(=O)(=O)c1ccc(CNC(=O)Nc2cc(Cl)c(-c3ccccc3OC(F)(F)F)c(Cl)c2)cc1. The molecule has 0 bridgehead atoms. The number of carbonyl (C=O) groups excluding carboxylic acids is 1. The molecular weight excluding hydrogens is 516 g/mol. The Morgan fingerprint density at radius 1 is 1.00 bits per heavy atom. The van der Waals surface area contributed by atoms with Gasteiger partial charge in [-0.15, -0.1) is 13.2 Å². The van der Waals surface area contributed by atoms with Crippen LogP contribution in [0.5, 0.6) is 5.75 Å². The van der Waals surface area contributed by atoms with Gasteiger partial charge in [-0.25, -0.2) is 13.2 Å². The molecule has 3 aromatic rings. The van der Waals surface area contributed by atoms with Gasteiger partial charge < -0.3 is 15.4 Å². The molecular formula is C22H17Cl2F3N2O4S. The van der Waals surface area contributed by atoms with Gasteiger partial charge in [-0.2, -0.15) is 0 Å². The molecule has 0 saturated carbocycles. The standard InChI is InChI=1S/C22H17Cl2F3N2O4S/c1-34(31,32)15-8-6-13(7-9-15)12-28-21(30)29-14-10-17(23)20(18(24)11-14)16-4-2-3-5-19(16)33-22(25,26)27/h2-11H,12H2,1H3,(H2,28,29,30). The van der Waals surface area contributed by atoms with Crippen LogP contribution in [0.15, 0.2) is 65.6 Å². The number of para-hydroxylation sites is 1. The van der Waals surface area contributed by atoms with E-state index < -0.39 is 28.0 Å². The van der Waals surface area contributed by atoms with E-state index >= 15 is 0 Å². The minimum Gasteiger partial charge on any atom is -0.405 e. The predicted octanol–water partition coefficient (Wildman–Crippen LogP) is 6.28. The van der Waals surface area contributed by atoms with Crippen LogP contribution in [-0.4, -0.2) is 27.1 Å². The van der Waals surface area contributed by atoms with Gasteiger partial charge in [-0.05, 0) is 35.9 Å². The second-order valence-corrected chi connectivity index (χ2v) is 9.91. The van der Waals surface area contributed by atoms with Crippen molar-refractivity contribution in [3.63, 3.8) is 0 Å². The minimum atomic E-state index is -4.90. The Bertz CT molecular complexity index is 1290. The largest absolute Gasteiger partial charge is 0.573 e. The molecule has 3 rings (SSSR count). The summed E-state index contributed by atoms with van der Waals surface area (Å²) in [6.45, 7) is 0.109. The molecule has 180 valence electrons. The zero-order chi connectivity index (χ0) is 25.1. The number of anilines is 1. The van der Waals surface area contributed by atoms with Crippen molar-refractivity contribution in [2.75, 3.05) is 11.6 Å². The molecule has 2 N–H and O–H groups in total. The van der Waals surface area contributed by atoms with Crippen molar-refractivity contribution >= 4 is 44.8 Å². The van der Waals surface area contributed by atoms with Crippen molar-refractivity contribution in [3.05, 3.63) is 76.3 Å². The van der Waals surface area contributed by atoms with Crippen LogP contribution < -0.4 is 15.4 Å². The van der Waals surface area contributed by atoms with Crippen LogP contribution in [0.25, 0.3) is 11.1 Å². The fraction of sp³-hybridized carbons (Fsp3) is 0.136. The monoisotopic (exact) mass is 532 g/mol. The molecule has 0 radical (unpaired) electrons. The smallest absolute Gasteiger partial charge is 0.405 e. The summed E-state index contributed by atoms with van der Waals surface area (Å²) in [5.41, 5.74) is 1.01. The van der Waals surface area contributed by atoms with E-state index in [1.807, 2.05) is 0 Å². The maximum Gasteiger partial charge on any atom is 0.573 e. The number of ether oxygens (including phenoxy) is 1. The number of halogens is 5. The first kappa shape index (κ1) is 25.7. The Balaban J connectivity index is 1.73. The Kier molecular flexibility index (Phi) is 7.64. The number of hydrogen-bond donors (Lipinski definition) is 2. The molecule has 12 heteroatoms. The van der Waals surface area contributed by atoms with Crippen molar-refractivity contribution in [1.82, 2.24) is 5.32 Å². The number of rotatable bonds is 6. The van der Waals surface area contributed by atoms with E-state index in [0.717, 1.165) is 12.3 Å². The lowest BCUT2D eigenvalue weighted by atomic mass is 10.0. The summed E-state index contributed by atoms with van der Waals surface area (Å²) in [5, 5.41) is 5.13. The fourth-order valence-electron chi connectivity index (χ4n) is 3.00. The lowest BCUT2D eigenvalue weighted by molar-refractivity contribution is -0.274. The molecule has 0 aromatic heterocycles. The van der Waals surface area contributed by atoms with Crippen LogP contribution in [0.4, 0.5) is 23.7 Å². The van der Waals surface area contributed by atoms with Crippen molar-refractivity contribution in [1.29, 1.82) is 0 Å². The maximum atomic E-state index is 12.7. The van der Waals surface area contributed by atoms with E-state index in [0.29, 0.717) is 5.56 Å². The summed E-state index contributed by atoms with van der Waals surface area (Å²) in [7, 11) is -3.32. The van der Waals surface area contributed by atoms with E-state index in [1.54, 1.807) is 12.1 Å². The number of sulfone groups is 1. The number of benzene rings is 3. The molecule has 0 spiro atoms. The van der Waals surface area contributed by atoms with Crippen molar-refractivity contribution in [3.8, 4) is 16.9 Å². The van der Waals surface area contributed by atoms with Crippen LogP contribution in [0.2, 0.25) is 10.0 Å². The molecule has 0 aliphatic heterocycles. The van der Waals surface area contributed by atoms with Crippen molar-refractivity contribution in [2.45, 2.75) is 17.8 Å². The van der Waals surface area contributed by atoms with Crippen LogP contribution in [0.1, 0.15) is 5.56 Å². The Morgan fingerprint density at radius 3 is 2.15 bits per heavy atom. The summed E-state index contributed by atoms with van der Waals surface area (Å²) < 4.78 is 65.3. The Labute approximate surface area is 203 Å². The molecule has 34 heavy (non-hydrogen) atoms. The molecule has 0 fully saturated rings. The molecule has 0 aliphatic carbocycles. The molecule has 3 aromatic carbocycles. The summed E-state index contributed by atoms with van der Waals surface area (Å²) in [4.78, 5) is 12.4. The first-order chi connectivity index (χ1) is 15.8. The molecule has 0 unspecified atom stereocenters. The topological polar surface area (TPSA) is 84.5 Å². The fourth-order valence-corrected chi connectivity index (χ4v) is 4.32. The Morgan fingerprint density at radius 2 is 1.59 bits per heavy atom. The predicted molar refractivity (Wildman–Crippen MR) is 124 cm³/mol. The number of alkyl halides is 3. The third-order valence-corrected chi connectivity index (χ3v) is 6.21. The highest BCUT2D eigenvalue weighted by Gasteiger charge is 2.32. The van der Waals surface area contributed by atoms with E-state index in [9.17, 15) is 26.4 Å². The van der Waals surface area contributed by atoms with E-state index in [2.05, 4.69) is 15.4 Å².